The second kappa shape index (κ2) is 5.63. The van der Waals surface area contributed by atoms with Crippen molar-refractivity contribution in [3.05, 3.63) is 35.9 Å². The van der Waals surface area contributed by atoms with Crippen LogP contribution in [0.4, 0.5) is 0 Å². The van der Waals surface area contributed by atoms with E-state index in [2.05, 4.69) is 12.1 Å². The van der Waals surface area contributed by atoms with Gasteiger partial charge < -0.3 is 14.6 Å². The van der Waals surface area contributed by atoms with E-state index < -0.39 is 12.4 Å². The zero-order valence-electron chi connectivity index (χ0n) is 10.4. The second-order valence-electron chi connectivity index (χ2n) is 4.65. The first-order valence-electron chi connectivity index (χ1n) is 6.12. The molecule has 0 bridgehead atoms. The van der Waals surface area contributed by atoms with Crippen molar-refractivity contribution in [3.8, 4) is 0 Å². The van der Waals surface area contributed by atoms with Crippen molar-refractivity contribution >= 4 is 0 Å². The number of rotatable bonds is 4. The summed E-state index contributed by atoms with van der Waals surface area (Å²) in [7, 11) is 1.57. The molecule has 1 aromatic rings. The number of ether oxygens (including phenoxy) is 2. The Bertz CT molecular complexity index is 339. The average Bonchev–Trinajstić information content (AvgIpc) is 2.65. The largest absolute Gasteiger partial charge is 0.387 e. The van der Waals surface area contributed by atoms with Crippen molar-refractivity contribution in [2.45, 2.75) is 38.3 Å². The van der Waals surface area contributed by atoms with Gasteiger partial charge in [0.05, 0.1) is 6.10 Å². The van der Waals surface area contributed by atoms with Crippen LogP contribution in [0.15, 0.2) is 30.3 Å². The van der Waals surface area contributed by atoms with Crippen molar-refractivity contribution in [2.24, 2.45) is 5.92 Å². The summed E-state index contributed by atoms with van der Waals surface area (Å²) in [6.45, 7) is 2.01. The number of methoxy groups -OCH3 is 1. The molecule has 0 aromatic heterocycles. The molecule has 0 aliphatic carbocycles. The van der Waals surface area contributed by atoms with Crippen LogP contribution in [-0.4, -0.2) is 30.7 Å². The maximum Gasteiger partial charge on any atom is 0.183 e. The van der Waals surface area contributed by atoms with Crippen LogP contribution in [-0.2, 0) is 15.9 Å². The topological polar surface area (TPSA) is 38.7 Å². The number of aliphatic hydroxyl groups excluding tert-OH is 1. The molecule has 0 unspecified atom stereocenters. The first-order chi connectivity index (χ1) is 8.22. The normalized spacial score (nSPS) is 32.9. The lowest BCUT2D eigenvalue weighted by Gasteiger charge is -2.14. The minimum Gasteiger partial charge on any atom is -0.387 e. The molecule has 17 heavy (non-hydrogen) atoms. The lowest BCUT2D eigenvalue weighted by atomic mass is 9.96. The molecule has 4 atom stereocenters. The Balaban J connectivity index is 1.88. The molecular formula is C14H20O3. The predicted octanol–water partition coefficient (Wildman–Crippen LogP) is 1.99. The van der Waals surface area contributed by atoms with Crippen LogP contribution in [0.3, 0.4) is 0 Å². The molecular weight excluding hydrogens is 216 g/mol. The van der Waals surface area contributed by atoms with E-state index in [1.807, 2.05) is 25.1 Å². The van der Waals surface area contributed by atoms with E-state index in [1.165, 1.54) is 5.56 Å². The molecule has 1 aliphatic heterocycles. The van der Waals surface area contributed by atoms with E-state index in [0.717, 1.165) is 12.8 Å². The van der Waals surface area contributed by atoms with Crippen molar-refractivity contribution < 1.29 is 14.6 Å². The summed E-state index contributed by atoms with van der Waals surface area (Å²) < 4.78 is 10.8. The lowest BCUT2D eigenvalue weighted by molar-refractivity contribution is -0.148. The Morgan fingerprint density at radius 3 is 2.59 bits per heavy atom. The molecule has 1 N–H and O–H groups in total. The maximum atomic E-state index is 9.88. The Morgan fingerprint density at radius 1 is 1.29 bits per heavy atom. The third-order valence-corrected chi connectivity index (χ3v) is 3.51. The fourth-order valence-electron chi connectivity index (χ4n) is 2.32. The van der Waals surface area contributed by atoms with E-state index in [0.29, 0.717) is 0 Å². The Hall–Kier alpha value is -0.900. The Morgan fingerprint density at radius 2 is 2.00 bits per heavy atom. The van der Waals surface area contributed by atoms with Crippen LogP contribution < -0.4 is 0 Å². The smallest absolute Gasteiger partial charge is 0.183 e. The van der Waals surface area contributed by atoms with E-state index in [4.69, 9.17) is 9.47 Å². The van der Waals surface area contributed by atoms with Gasteiger partial charge in [-0.3, -0.25) is 0 Å². The number of aliphatic hydroxyl groups is 1. The van der Waals surface area contributed by atoms with Crippen molar-refractivity contribution in [1.29, 1.82) is 0 Å². The Labute approximate surface area is 102 Å². The molecule has 94 valence electrons. The standard InChI is InChI=1S/C14H20O3/c1-10-12(17-14(16-2)13(10)15)9-8-11-6-4-3-5-7-11/h3-7,10,12-15H,8-9H2,1-2H3/t10-,12-,13-,14-/m1/s1. The highest BCUT2D eigenvalue weighted by atomic mass is 16.7. The van der Waals surface area contributed by atoms with Crippen molar-refractivity contribution in [3.63, 3.8) is 0 Å². The monoisotopic (exact) mass is 236 g/mol. The summed E-state index contributed by atoms with van der Waals surface area (Å²) in [5, 5.41) is 9.88. The maximum absolute atomic E-state index is 9.88. The summed E-state index contributed by atoms with van der Waals surface area (Å²) in [4.78, 5) is 0. The molecule has 1 aromatic carbocycles. The first-order valence-corrected chi connectivity index (χ1v) is 6.12. The van der Waals surface area contributed by atoms with Gasteiger partial charge in [0.25, 0.3) is 0 Å². The summed E-state index contributed by atoms with van der Waals surface area (Å²) in [5.41, 5.74) is 1.30. The van der Waals surface area contributed by atoms with Gasteiger partial charge in [-0.25, -0.2) is 0 Å². The highest BCUT2D eigenvalue weighted by Gasteiger charge is 2.40. The summed E-state index contributed by atoms with van der Waals surface area (Å²) in [6.07, 6.45) is 0.989. The summed E-state index contributed by atoms with van der Waals surface area (Å²) >= 11 is 0. The third kappa shape index (κ3) is 2.86. The van der Waals surface area contributed by atoms with Gasteiger partial charge >= 0.3 is 0 Å². The fraction of sp³-hybridized carbons (Fsp3) is 0.571. The van der Waals surface area contributed by atoms with Gasteiger partial charge in [-0.15, -0.1) is 0 Å². The molecule has 1 saturated heterocycles. The number of hydrogen-bond donors (Lipinski definition) is 1. The number of aryl methyl sites for hydroxylation is 1. The van der Waals surface area contributed by atoms with Crippen LogP contribution in [0.25, 0.3) is 0 Å². The van der Waals surface area contributed by atoms with Gasteiger partial charge in [0.1, 0.15) is 6.10 Å². The SMILES string of the molecule is CO[C@@H]1O[C@H](CCc2ccccc2)[C@@H](C)[C@H]1O. The summed E-state index contributed by atoms with van der Waals surface area (Å²) in [5.74, 6) is 0.128. The molecule has 0 saturated carbocycles. The van der Waals surface area contributed by atoms with Crippen molar-refractivity contribution in [1.82, 2.24) is 0 Å². The molecule has 1 fully saturated rings. The minimum absolute atomic E-state index is 0.0788. The van der Waals surface area contributed by atoms with Gasteiger partial charge in [0.15, 0.2) is 6.29 Å². The van der Waals surface area contributed by atoms with Gasteiger partial charge in [-0.2, -0.15) is 0 Å². The van der Waals surface area contributed by atoms with Crippen LogP contribution in [0.5, 0.6) is 0 Å². The molecule has 2 rings (SSSR count). The average molecular weight is 236 g/mol. The Kier molecular flexibility index (Phi) is 4.15. The van der Waals surface area contributed by atoms with Crippen LogP contribution in [0.1, 0.15) is 18.9 Å². The molecule has 1 heterocycles. The minimum atomic E-state index is -0.513. The van der Waals surface area contributed by atoms with Crippen LogP contribution >= 0.6 is 0 Å². The highest BCUT2D eigenvalue weighted by molar-refractivity contribution is 5.14. The zero-order valence-corrected chi connectivity index (χ0v) is 10.4. The third-order valence-electron chi connectivity index (χ3n) is 3.51. The predicted molar refractivity (Wildman–Crippen MR) is 65.6 cm³/mol. The molecule has 3 heteroatoms. The van der Waals surface area contributed by atoms with Gasteiger partial charge in [-0.05, 0) is 18.4 Å². The molecule has 0 radical (unpaired) electrons. The molecule has 1 aliphatic rings. The highest BCUT2D eigenvalue weighted by Crippen LogP contribution is 2.29. The van der Waals surface area contributed by atoms with Gasteiger partial charge in [0.2, 0.25) is 0 Å². The molecule has 0 amide bonds. The van der Waals surface area contributed by atoms with E-state index in [9.17, 15) is 5.11 Å². The number of hydrogen-bond acceptors (Lipinski definition) is 3. The van der Waals surface area contributed by atoms with Crippen LogP contribution in [0, 0.1) is 5.92 Å². The lowest BCUT2D eigenvalue weighted by Crippen LogP contribution is -2.26. The second-order valence-corrected chi connectivity index (χ2v) is 4.65. The van der Waals surface area contributed by atoms with E-state index >= 15 is 0 Å². The first kappa shape index (κ1) is 12.6. The quantitative estimate of drug-likeness (QED) is 0.869. The van der Waals surface area contributed by atoms with Crippen molar-refractivity contribution in [2.75, 3.05) is 7.11 Å². The molecule has 0 spiro atoms. The van der Waals surface area contributed by atoms with E-state index in [-0.39, 0.29) is 12.0 Å². The summed E-state index contributed by atoms with van der Waals surface area (Å²) in [6, 6.07) is 10.3. The van der Waals surface area contributed by atoms with Crippen LogP contribution in [0.2, 0.25) is 0 Å². The van der Waals surface area contributed by atoms with Gasteiger partial charge in [-0.1, -0.05) is 37.3 Å². The number of benzene rings is 1. The van der Waals surface area contributed by atoms with Gasteiger partial charge in [0, 0.05) is 13.0 Å². The fourth-order valence-corrected chi connectivity index (χ4v) is 2.32. The van der Waals surface area contributed by atoms with E-state index in [1.54, 1.807) is 7.11 Å². The molecule has 3 nitrogen and oxygen atoms in total. The zero-order chi connectivity index (χ0) is 12.3.